The van der Waals surface area contributed by atoms with Crippen molar-refractivity contribution in [2.24, 2.45) is 5.92 Å². The predicted molar refractivity (Wildman–Crippen MR) is 117 cm³/mol. The van der Waals surface area contributed by atoms with E-state index in [9.17, 15) is 15.0 Å². The minimum atomic E-state index is -1.94. The maximum absolute atomic E-state index is 13.2. The van der Waals surface area contributed by atoms with Crippen LogP contribution in [0.3, 0.4) is 0 Å². The Hall–Kier alpha value is -2.14. The largest absolute Gasteiger partial charge is 0.361 e. The molecule has 0 radical (unpaired) electrons. The summed E-state index contributed by atoms with van der Waals surface area (Å²) in [4.78, 5) is 25.1. The molecule has 1 unspecified atom stereocenters. The maximum atomic E-state index is 13.2. The van der Waals surface area contributed by atoms with Gasteiger partial charge < -0.3 is 15.5 Å². The van der Waals surface area contributed by atoms with Crippen LogP contribution < -0.4 is 14.9 Å². The average molecular weight is 425 g/mol. The van der Waals surface area contributed by atoms with Crippen LogP contribution >= 0.6 is 11.9 Å². The fourth-order valence-corrected chi connectivity index (χ4v) is 4.65. The van der Waals surface area contributed by atoms with Gasteiger partial charge in [-0.1, -0.05) is 0 Å². The highest BCUT2D eigenvalue weighted by Crippen LogP contribution is 2.58. The molecule has 156 valence electrons. The number of anilines is 3. The Balaban J connectivity index is 1.35. The second-order valence-corrected chi connectivity index (χ2v) is 9.52. The van der Waals surface area contributed by atoms with Gasteiger partial charge >= 0.3 is 0 Å². The molecule has 2 aliphatic carbocycles. The summed E-state index contributed by atoms with van der Waals surface area (Å²) in [6, 6.07) is 7.61. The number of amides is 1. The molecule has 5 rings (SSSR count). The Morgan fingerprint density at radius 2 is 2.00 bits per heavy atom. The molecule has 2 saturated carbocycles. The highest BCUT2D eigenvalue weighted by molar-refractivity contribution is 7.97. The molecule has 0 bridgehead atoms. The fourth-order valence-electron chi connectivity index (χ4n) is 4.06. The minimum Gasteiger partial charge on any atom is -0.361 e. The van der Waals surface area contributed by atoms with Gasteiger partial charge in [0.2, 0.25) is 19.7 Å². The summed E-state index contributed by atoms with van der Waals surface area (Å²) >= 11 is 1.12. The SMILES string of the molecule is BC(O)(O)NSc1ccc(Nc2ncc3c(n2)N(C(C)C2CC2)C(=O)C32CC2)cc1. The normalized spacial score (nSPS) is 20.4. The van der Waals surface area contributed by atoms with Crippen molar-refractivity contribution < 1.29 is 15.0 Å². The molecule has 2 heterocycles. The standard InChI is InChI=1S/C20H24BN5O3S/c1-11(12-2-3-12)26-16-15(19(8-9-19)17(26)27)10-22-18(24-16)23-13-4-6-14(7-5-13)30-25-20(21,28)29/h4-7,10-12,25,28-29H,2-3,8-9,21H2,1H3,(H,22,23,24). The molecule has 3 aliphatic rings. The van der Waals surface area contributed by atoms with Gasteiger partial charge in [-0.15, -0.1) is 0 Å². The first-order valence-corrected chi connectivity index (χ1v) is 11.1. The maximum Gasteiger partial charge on any atom is 0.239 e. The smallest absolute Gasteiger partial charge is 0.239 e. The number of rotatable bonds is 7. The summed E-state index contributed by atoms with van der Waals surface area (Å²) in [5.74, 6) is 0.0390. The lowest BCUT2D eigenvalue weighted by Gasteiger charge is -2.25. The lowest BCUT2D eigenvalue weighted by atomic mass is 10.0. The van der Waals surface area contributed by atoms with E-state index in [-0.39, 0.29) is 17.4 Å². The molecule has 1 aliphatic heterocycles. The molecule has 8 nitrogen and oxygen atoms in total. The second-order valence-electron chi connectivity index (χ2n) is 8.64. The molecule has 2 aromatic rings. The summed E-state index contributed by atoms with van der Waals surface area (Å²) in [5, 5.41) is 21.9. The molecule has 1 spiro atoms. The quantitative estimate of drug-likeness (QED) is 0.298. The molecular weight excluding hydrogens is 401 g/mol. The van der Waals surface area contributed by atoms with Crippen molar-refractivity contribution >= 4 is 43.2 Å². The van der Waals surface area contributed by atoms with Gasteiger partial charge in [0, 0.05) is 28.4 Å². The van der Waals surface area contributed by atoms with Gasteiger partial charge in [0.15, 0.2) is 5.81 Å². The number of nitrogens with one attached hydrogen (secondary N) is 2. The molecule has 10 heteroatoms. The third-order valence-corrected chi connectivity index (χ3v) is 7.07. The number of carbonyl (C=O) groups is 1. The van der Waals surface area contributed by atoms with Crippen LogP contribution in [0.2, 0.25) is 0 Å². The Morgan fingerprint density at radius 1 is 1.30 bits per heavy atom. The van der Waals surface area contributed by atoms with Crippen molar-refractivity contribution in [1.29, 1.82) is 0 Å². The van der Waals surface area contributed by atoms with Gasteiger partial charge in [0.25, 0.3) is 0 Å². The number of hydrogen-bond donors (Lipinski definition) is 4. The van der Waals surface area contributed by atoms with E-state index >= 15 is 0 Å². The van der Waals surface area contributed by atoms with Crippen LogP contribution in [0.15, 0.2) is 35.4 Å². The van der Waals surface area contributed by atoms with Crippen LogP contribution in [0.5, 0.6) is 0 Å². The first-order valence-electron chi connectivity index (χ1n) is 10.2. The van der Waals surface area contributed by atoms with Gasteiger partial charge in [-0.25, -0.2) is 9.71 Å². The summed E-state index contributed by atoms with van der Waals surface area (Å²) in [5.41, 5.74) is 1.40. The van der Waals surface area contributed by atoms with Gasteiger partial charge in [-0.3, -0.25) is 9.69 Å². The molecule has 0 saturated heterocycles. The first-order chi connectivity index (χ1) is 14.3. The number of hydrogen-bond acceptors (Lipinski definition) is 8. The van der Waals surface area contributed by atoms with E-state index in [1.807, 2.05) is 35.4 Å². The van der Waals surface area contributed by atoms with Crippen molar-refractivity contribution in [1.82, 2.24) is 14.7 Å². The lowest BCUT2D eigenvalue weighted by Crippen LogP contribution is -2.41. The van der Waals surface area contributed by atoms with Crippen molar-refractivity contribution in [3.8, 4) is 0 Å². The monoisotopic (exact) mass is 425 g/mol. The Kier molecular flexibility index (Phi) is 4.59. The molecule has 1 atom stereocenters. The van der Waals surface area contributed by atoms with Crippen LogP contribution in [-0.2, 0) is 10.2 Å². The number of aliphatic hydroxyl groups is 2. The highest BCUT2D eigenvalue weighted by Gasteiger charge is 2.61. The molecule has 2 fully saturated rings. The number of nitrogens with zero attached hydrogens (tertiary/aromatic N) is 3. The molecule has 30 heavy (non-hydrogen) atoms. The third-order valence-electron chi connectivity index (χ3n) is 6.07. The predicted octanol–water partition coefficient (Wildman–Crippen LogP) is 1.22. The molecule has 1 aromatic carbocycles. The van der Waals surface area contributed by atoms with Gasteiger partial charge in [-0.2, -0.15) is 4.98 Å². The average Bonchev–Trinajstić information content (AvgIpc) is 3.60. The van der Waals surface area contributed by atoms with Crippen molar-refractivity contribution in [2.45, 2.75) is 54.8 Å². The van der Waals surface area contributed by atoms with Crippen molar-refractivity contribution in [3.05, 3.63) is 36.0 Å². The summed E-state index contributed by atoms with van der Waals surface area (Å²) in [7, 11) is 1.25. The zero-order valence-corrected chi connectivity index (χ0v) is 17.7. The Bertz CT molecular complexity index is 989. The van der Waals surface area contributed by atoms with E-state index in [1.165, 1.54) is 20.7 Å². The van der Waals surface area contributed by atoms with Crippen LogP contribution in [0.1, 0.15) is 38.2 Å². The fraction of sp³-hybridized carbons (Fsp3) is 0.450. The summed E-state index contributed by atoms with van der Waals surface area (Å²) in [6.07, 6.45) is 5.93. The zero-order valence-electron chi connectivity index (χ0n) is 16.9. The lowest BCUT2D eigenvalue weighted by molar-refractivity contribution is -0.120. The van der Waals surface area contributed by atoms with Crippen LogP contribution in [0.25, 0.3) is 0 Å². The van der Waals surface area contributed by atoms with E-state index < -0.39 is 5.81 Å². The Labute approximate surface area is 180 Å². The molecule has 1 amide bonds. The van der Waals surface area contributed by atoms with E-state index in [4.69, 9.17) is 4.98 Å². The van der Waals surface area contributed by atoms with E-state index in [0.717, 1.165) is 46.8 Å². The second kappa shape index (κ2) is 6.95. The van der Waals surface area contributed by atoms with Gasteiger partial charge in [0.05, 0.1) is 5.41 Å². The number of aromatic nitrogens is 2. The van der Waals surface area contributed by atoms with Crippen LogP contribution in [-0.4, -0.2) is 45.8 Å². The number of fused-ring (bicyclic) bond motifs is 2. The Morgan fingerprint density at radius 3 is 2.60 bits per heavy atom. The summed E-state index contributed by atoms with van der Waals surface area (Å²) < 4.78 is 2.53. The minimum absolute atomic E-state index is 0.173. The van der Waals surface area contributed by atoms with E-state index in [0.29, 0.717) is 11.9 Å². The van der Waals surface area contributed by atoms with E-state index in [1.54, 1.807) is 0 Å². The van der Waals surface area contributed by atoms with Gasteiger partial charge in [-0.05, 0) is 74.7 Å². The molecular formula is C20H24BN5O3S. The van der Waals surface area contributed by atoms with Crippen LogP contribution in [0, 0.1) is 5.92 Å². The number of benzene rings is 1. The third kappa shape index (κ3) is 3.58. The summed E-state index contributed by atoms with van der Waals surface area (Å²) in [6.45, 7) is 2.13. The van der Waals surface area contributed by atoms with Crippen molar-refractivity contribution in [3.63, 3.8) is 0 Å². The first kappa shape index (κ1) is 19.8. The molecule has 1 aromatic heterocycles. The number of carbonyl (C=O) groups excluding carboxylic acids is 1. The van der Waals surface area contributed by atoms with Crippen LogP contribution in [0.4, 0.5) is 17.5 Å². The topological polar surface area (TPSA) is 111 Å². The van der Waals surface area contributed by atoms with E-state index in [2.05, 4.69) is 21.9 Å². The van der Waals surface area contributed by atoms with Crippen molar-refractivity contribution in [2.75, 3.05) is 10.2 Å². The zero-order chi connectivity index (χ0) is 21.1. The molecule has 4 N–H and O–H groups in total. The van der Waals surface area contributed by atoms with Gasteiger partial charge in [0.1, 0.15) is 5.82 Å². The highest BCUT2D eigenvalue weighted by atomic mass is 32.2.